The van der Waals surface area contributed by atoms with Crippen molar-refractivity contribution in [3.05, 3.63) is 61.4 Å². The molecule has 192 valence electrons. The van der Waals surface area contributed by atoms with Crippen molar-refractivity contribution < 1.29 is 35.8 Å². The number of aromatic nitrogens is 4. The second kappa shape index (κ2) is 9.84. The minimum absolute atomic E-state index is 0.108. The summed E-state index contributed by atoms with van der Waals surface area (Å²) in [5.41, 5.74) is 1.36. The second-order valence-corrected chi connectivity index (χ2v) is 13.6. The van der Waals surface area contributed by atoms with Crippen molar-refractivity contribution in [2.75, 3.05) is 6.61 Å². The SMILES string of the molecule is Cc1nc2ccccc2n1Cc1sc2c(c1C(=O)[I-][C@@H]1C[C@H](O)CO1)c(=O)n(C)c(=O)n2CC(C)C. The van der Waals surface area contributed by atoms with E-state index in [9.17, 15) is 19.5 Å². The van der Waals surface area contributed by atoms with Gasteiger partial charge in [0.25, 0.3) is 0 Å². The molecule has 11 heteroatoms. The number of alkyl halides is 1. The van der Waals surface area contributed by atoms with E-state index in [-0.39, 0.29) is 26.1 Å². The van der Waals surface area contributed by atoms with Crippen LogP contribution in [0.5, 0.6) is 0 Å². The number of nitrogens with zero attached hydrogens (tertiary/aromatic N) is 4. The van der Waals surface area contributed by atoms with Crippen LogP contribution < -0.4 is 32.5 Å². The average molecular weight is 623 g/mol. The monoisotopic (exact) mass is 623 g/mol. The summed E-state index contributed by atoms with van der Waals surface area (Å²) < 4.78 is 10.0. The Morgan fingerprint density at radius 3 is 2.72 bits per heavy atom. The first-order valence-electron chi connectivity index (χ1n) is 11.8. The Labute approximate surface area is 221 Å². The zero-order chi connectivity index (χ0) is 25.7. The zero-order valence-corrected chi connectivity index (χ0v) is 23.5. The zero-order valence-electron chi connectivity index (χ0n) is 20.5. The fourth-order valence-electron chi connectivity index (χ4n) is 4.57. The van der Waals surface area contributed by atoms with Gasteiger partial charge in [0.2, 0.25) is 0 Å². The van der Waals surface area contributed by atoms with Crippen LogP contribution in [-0.4, -0.2) is 44.4 Å². The molecule has 2 atom stereocenters. The maximum atomic E-state index is 13.8. The van der Waals surface area contributed by atoms with Gasteiger partial charge in [-0.1, -0.05) is 0 Å². The Morgan fingerprint density at radius 1 is 1.28 bits per heavy atom. The van der Waals surface area contributed by atoms with Crippen molar-refractivity contribution in [3.8, 4) is 0 Å². The number of imidazole rings is 1. The van der Waals surface area contributed by atoms with Gasteiger partial charge in [-0.25, -0.2) is 0 Å². The van der Waals surface area contributed by atoms with E-state index in [0.717, 1.165) is 26.3 Å². The Kier molecular flexibility index (Phi) is 6.92. The van der Waals surface area contributed by atoms with E-state index >= 15 is 0 Å². The molecule has 1 aliphatic rings. The number of fused-ring (bicyclic) bond motifs is 2. The number of benzene rings is 1. The quantitative estimate of drug-likeness (QED) is 0.169. The summed E-state index contributed by atoms with van der Waals surface area (Å²) in [6.07, 6.45) is -0.136. The van der Waals surface area contributed by atoms with Crippen LogP contribution in [0.2, 0.25) is 0 Å². The van der Waals surface area contributed by atoms with E-state index in [2.05, 4.69) is 4.98 Å². The summed E-state index contributed by atoms with van der Waals surface area (Å²) in [4.78, 5) is 46.2. The molecule has 36 heavy (non-hydrogen) atoms. The van der Waals surface area contributed by atoms with Crippen molar-refractivity contribution in [2.45, 2.75) is 50.5 Å². The number of halogens is 1. The van der Waals surface area contributed by atoms with Crippen LogP contribution in [0.3, 0.4) is 0 Å². The van der Waals surface area contributed by atoms with E-state index in [1.54, 1.807) is 4.57 Å². The molecule has 1 N–H and O–H groups in total. The summed E-state index contributed by atoms with van der Waals surface area (Å²) >= 11 is 0.186. The van der Waals surface area contributed by atoms with Gasteiger partial charge in [-0.15, -0.1) is 0 Å². The summed E-state index contributed by atoms with van der Waals surface area (Å²) in [7, 11) is 1.46. The van der Waals surface area contributed by atoms with Crippen LogP contribution in [-0.2, 0) is 24.9 Å². The number of aryl methyl sites for hydroxylation is 1. The molecule has 5 rings (SSSR count). The van der Waals surface area contributed by atoms with Gasteiger partial charge < -0.3 is 0 Å². The first-order valence-corrected chi connectivity index (χ1v) is 14.9. The number of carbonyl (C=O) groups is 1. The van der Waals surface area contributed by atoms with E-state index in [1.165, 1.54) is 18.4 Å². The van der Waals surface area contributed by atoms with Gasteiger partial charge in [0.15, 0.2) is 0 Å². The molecule has 1 aromatic carbocycles. The Bertz CT molecular complexity index is 1600. The summed E-state index contributed by atoms with van der Waals surface area (Å²) in [6.45, 7) is 6.98. The van der Waals surface area contributed by atoms with Gasteiger partial charge in [-0.3, -0.25) is 0 Å². The van der Waals surface area contributed by atoms with Crippen LogP contribution in [0.1, 0.15) is 41.3 Å². The molecular weight excluding hydrogens is 595 g/mol. The molecular formula is C25H28IN4O5S-. The molecule has 0 amide bonds. The topological polar surface area (TPSA) is 108 Å². The Hall–Kier alpha value is -2.35. The first-order chi connectivity index (χ1) is 17.2. The number of hydrogen-bond acceptors (Lipinski definition) is 7. The number of aliphatic hydroxyl groups excluding tert-OH is 1. The van der Waals surface area contributed by atoms with Gasteiger partial charge in [0.1, 0.15) is 0 Å². The molecule has 1 saturated heterocycles. The molecule has 0 unspecified atom stereocenters. The van der Waals surface area contributed by atoms with Gasteiger partial charge >= 0.3 is 222 Å². The van der Waals surface area contributed by atoms with Gasteiger partial charge in [-0.2, -0.15) is 0 Å². The number of carbonyl (C=O) groups excluding carboxylic acids is 1. The van der Waals surface area contributed by atoms with E-state index in [4.69, 9.17) is 4.74 Å². The minimum atomic E-state index is -1.15. The van der Waals surface area contributed by atoms with Gasteiger partial charge in [0, 0.05) is 0 Å². The third kappa shape index (κ3) is 4.46. The van der Waals surface area contributed by atoms with E-state index in [1.807, 2.05) is 49.6 Å². The molecule has 0 saturated carbocycles. The fourth-order valence-corrected chi connectivity index (χ4v) is 8.79. The van der Waals surface area contributed by atoms with Crippen molar-refractivity contribution in [1.82, 2.24) is 18.7 Å². The number of hydrogen-bond donors (Lipinski definition) is 1. The van der Waals surface area contributed by atoms with Crippen molar-refractivity contribution in [3.63, 3.8) is 0 Å². The molecule has 9 nitrogen and oxygen atoms in total. The summed E-state index contributed by atoms with van der Waals surface area (Å²) in [5.74, 6) is 0.977. The number of aliphatic hydroxyl groups is 1. The Balaban J connectivity index is 1.72. The van der Waals surface area contributed by atoms with Crippen LogP contribution in [0.25, 0.3) is 21.3 Å². The van der Waals surface area contributed by atoms with Gasteiger partial charge in [-0.05, 0) is 0 Å². The third-order valence-corrected chi connectivity index (χ3v) is 10.1. The van der Waals surface area contributed by atoms with Crippen LogP contribution >= 0.6 is 11.3 Å². The first kappa shape index (κ1) is 25.3. The molecule has 4 heterocycles. The number of rotatable bonds is 7. The van der Waals surface area contributed by atoms with Crippen molar-refractivity contribution >= 4 is 36.4 Å². The predicted molar refractivity (Wildman–Crippen MR) is 134 cm³/mol. The van der Waals surface area contributed by atoms with E-state index < -0.39 is 32.9 Å². The normalized spacial score (nSPS) is 18.3. The fraction of sp³-hybridized carbons (Fsp3) is 0.440. The van der Waals surface area contributed by atoms with Crippen LogP contribution in [0.15, 0.2) is 33.9 Å². The Morgan fingerprint density at radius 2 is 2.03 bits per heavy atom. The van der Waals surface area contributed by atoms with Crippen molar-refractivity contribution in [2.24, 2.45) is 13.0 Å². The number of ether oxygens (including phenoxy) is 1. The predicted octanol–water partition coefficient (Wildman–Crippen LogP) is -0.539. The number of para-hydroxylation sites is 2. The molecule has 3 aromatic heterocycles. The molecule has 4 aromatic rings. The molecule has 0 radical (unpaired) electrons. The van der Waals surface area contributed by atoms with E-state index in [0.29, 0.717) is 35.3 Å². The van der Waals surface area contributed by atoms with Gasteiger partial charge in [0.05, 0.1) is 0 Å². The molecule has 1 aliphatic heterocycles. The average Bonchev–Trinajstić information content (AvgIpc) is 3.50. The molecule has 0 bridgehead atoms. The van der Waals surface area contributed by atoms with Crippen LogP contribution in [0, 0.1) is 12.8 Å². The summed E-state index contributed by atoms with van der Waals surface area (Å²) in [6, 6.07) is 7.81. The van der Waals surface area contributed by atoms with Crippen LogP contribution in [0.4, 0.5) is 0 Å². The molecule has 1 fully saturated rings. The maximum absolute atomic E-state index is 13.8. The molecule has 0 aliphatic carbocycles. The second-order valence-electron chi connectivity index (χ2n) is 9.48. The number of thiophene rings is 1. The van der Waals surface area contributed by atoms with Crippen molar-refractivity contribution in [1.29, 1.82) is 0 Å². The third-order valence-electron chi connectivity index (χ3n) is 6.28. The standard InChI is InChI=1S/C25H28IN4O5S/c1-13(2)10-30-24-21(23(33)28(4)25(30)34)20(22(32)26-19-9-15(31)12-35-19)18(36-24)11-29-14(3)27-16-7-5-6-8-17(16)29/h5-8,13,15,19,31H,9-12H2,1-4H3/q-1/t15-,19-/m0/s1. The summed E-state index contributed by atoms with van der Waals surface area (Å²) in [5, 5.41) is 10.2. The molecule has 0 spiro atoms.